The zero-order valence-corrected chi connectivity index (χ0v) is 17.2. The first-order valence-electron chi connectivity index (χ1n) is 8.23. The van der Waals surface area contributed by atoms with Gasteiger partial charge in [0, 0.05) is 37.4 Å². The third-order valence-corrected chi connectivity index (χ3v) is 5.31. The van der Waals surface area contributed by atoms with Crippen molar-refractivity contribution in [2.45, 2.75) is 36.8 Å². The van der Waals surface area contributed by atoms with E-state index in [2.05, 4.69) is 16.0 Å². The lowest BCUT2D eigenvalue weighted by Gasteiger charge is -2.35. The molecule has 12 heteroatoms. The first kappa shape index (κ1) is 25.7. The highest BCUT2D eigenvalue weighted by molar-refractivity contribution is 8.00. The molecular formula is C15H26Cl2N6O3S. The van der Waals surface area contributed by atoms with E-state index in [9.17, 15) is 14.4 Å². The number of carbonyl (C=O) groups is 2. The maximum absolute atomic E-state index is 13.0. The molecule has 2 rings (SSSR count). The Kier molecular flexibility index (Phi) is 12.4. The first-order valence-corrected chi connectivity index (χ1v) is 9.28. The van der Waals surface area contributed by atoms with Gasteiger partial charge >= 0.3 is 0 Å². The van der Waals surface area contributed by atoms with Crippen LogP contribution in [0.2, 0.25) is 0 Å². The predicted molar refractivity (Wildman–Crippen MR) is 110 cm³/mol. The van der Waals surface area contributed by atoms with Crippen molar-refractivity contribution in [2.75, 3.05) is 25.4 Å². The van der Waals surface area contributed by atoms with Gasteiger partial charge in [-0.15, -0.1) is 36.6 Å². The molecule has 27 heavy (non-hydrogen) atoms. The first-order chi connectivity index (χ1) is 12.1. The Balaban J connectivity index is 0.00000338. The van der Waals surface area contributed by atoms with Crippen LogP contribution in [0.5, 0.6) is 0 Å². The van der Waals surface area contributed by atoms with Crippen molar-refractivity contribution in [2.24, 2.45) is 5.73 Å². The molecule has 2 heterocycles. The maximum Gasteiger partial charge on any atom is 0.242 e. The van der Waals surface area contributed by atoms with Gasteiger partial charge in [0.1, 0.15) is 17.7 Å². The van der Waals surface area contributed by atoms with Gasteiger partial charge in [0.2, 0.25) is 5.91 Å². The van der Waals surface area contributed by atoms with Crippen molar-refractivity contribution >= 4 is 60.7 Å². The molecule has 0 aromatic heterocycles. The highest BCUT2D eigenvalue weighted by atomic mass is 35.5. The lowest BCUT2D eigenvalue weighted by atomic mass is 10.1. The van der Waals surface area contributed by atoms with E-state index < -0.39 is 12.1 Å². The monoisotopic (exact) mass is 440 g/mol. The predicted octanol–water partition coefficient (Wildman–Crippen LogP) is -0.771. The molecule has 6 N–H and O–H groups in total. The van der Waals surface area contributed by atoms with Crippen LogP contribution >= 0.6 is 36.6 Å². The molecule has 1 amide bonds. The number of nitrogens with two attached hydrogens (primary N) is 1. The van der Waals surface area contributed by atoms with E-state index in [1.54, 1.807) is 16.7 Å². The molecule has 2 aliphatic rings. The van der Waals surface area contributed by atoms with E-state index in [0.717, 1.165) is 18.6 Å². The van der Waals surface area contributed by atoms with Gasteiger partial charge in [0.15, 0.2) is 5.96 Å². The average Bonchev–Trinajstić information content (AvgIpc) is 3.28. The van der Waals surface area contributed by atoms with Crippen molar-refractivity contribution in [3.8, 4) is 0 Å². The molecule has 0 radical (unpaired) electrons. The Morgan fingerprint density at radius 2 is 2.22 bits per heavy atom. The van der Waals surface area contributed by atoms with Crippen LogP contribution in [-0.4, -0.2) is 72.0 Å². The van der Waals surface area contributed by atoms with Crippen molar-refractivity contribution in [3.63, 3.8) is 0 Å². The molecule has 154 valence electrons. The van der Waals surface area contributed by atoms with Crippen LogP contribution in [0.3, 0.4) is 0 Å². The normalized spacial score (nSPS) is 22.0. The summed E-state index contributed by atoms with van der Waals surface area (Å²) >= 11 is 1.59. The zero-order valence-electron chi connectivity index (χ0n) is 14.7. The van der Waals surface area contributed by atoms with E-state index in [-0.39, 0.29) is 42.2 Å². The molecule has 2 fully saturated rings. The number of hydrogen-bond donors (Lipinski definition) is 5. The second-order valence-electron chi connectivity index (χ2n) is 5.95. The Labute approximate surface area is 174 Å². The number of nitrogens with one attached hydrogen (secondary N) is 4. The fraction of sp³-hybridized carbons (Fsp3) is 0.667. The highest BCUT2D eigenvalue weighted by Gasteiger charge is 2.38. The number of carbonyl (C=O) groups excluding carboxylic acids is 3. The van der Waals surface area contributed by atoms with Gasteiger partial charge in [-0.3, -0.25) is 15.5 Å². The zero-order chi connectivity index (χ0) is 18.2. The second kappa shape index (κ2) is 13.0. The number of rotatable bonds is 8. The van der Waals surface area contributed by atoms with Crippen LogP contribution < -0.4 is 21.7 Å². The third kappa shape index (κ3) is 7.33. The van der Waals surface area contributed by atoms with Crippen LogP contribution in [0, 0.1) is 5.41 Å². The standard InChI is InChI=1S/C15H24N6O3S.2ClH/c16-14(17)18-3-1-2-11(9-23)21(15-19-4-5-25-15)13(24)12-6-10(8-22)7-20-12;;/h9,11-12,15,19-20H,1-7H2,(H4,16,17,18);2*1H/t11-,12-,15?;;/m0../s1. The lowest BCUT2D eigenvalue weighted by molar-refractivity contribution is -0.139. The van der Waals surface area contributed by atoms with Gasteiger partial charge in [-0.2, -0.15) is 0 Å². The van der Waals surface area contributed by atoms with Gasteiger partial charge in [-0.25, -0.2) is 4.79 Å². The smallest absolute Gasteiger partial charge is 0.242 e. The summed E-state index contributed by atoms with van der Waals surface area (Å²) in [5, 5.41) is 16.1. The number of nitrogens with zero attached hydrogens (tertiary/aromatic N) is 1. The summed E-state index contributed by atoms with van der Waals surface area (Å²) in [7, 11) is 0. The largest absolute Gasteiger partial charge is 0.370 e. The molecule has 1 unspecified atom stereocenters. The topological polar surface area (TPSA) is 140 Å². The molecule has 3 atom stereocenters. The Hall–Kier alpha value is -1.29. The highest BCUT2D eigenvalue weighted by Crippen LogP contribution is 2.24. The minimum Gasteiger partial charge on any atom is -0.370 e. The molecule has 0 aromatic carbocycles. The summed E-state index contributed by atoms with van der Waals surface area (Å²) in [6.45, 7) is 1.59. The van der Waals surface area contributed by atoms with Crippen LogP contribution in [-0.2, 0) is 14.4 Å². The second-order valence-corrected chi connectivity index (χ2v) is 7.14. The van der Waals surface area contributed by atoms with Gasteiger partial charge in [-0.1, -0.05) is 0 Å². The quantitative estimate of drug-likeness (QED) is 0.109. The molecule has 0 saturated carbocycles. The SMILES string of the molecule is Cl.Cl.N=C(N)NCCC[C@@H](C=O)N(C(=O)[C@@H]1CC(=C=O)CN1)C1NCCS1. The molecule has 0 spiro atoms. The van der Waals surface area contributed by atoms with Crippen molar-refractivity contribution < 1.29 is 14.4 Å². The number of thioether (sulfide) groups is 1. The summed E-state index contributed by atoms with van der Waals surface area (Å²) in [5.41, 5.74) is 5.53. The Morgan fingerprint density at radius 1 is 1.48 bits per heavy atom. The fourth-order valence-electron chi connectivity index (χ4n) is 2.92. The summed E-state index contributed by atoms with van der Waals surface area (Å²) in [6.07, 6.45) is 2.18. The Morgan fingerprint density at radius 3 is 2.74 bits per heavy atom. The van der Waals surface area contributed by atoms with Crippen LogP contribution in [0.1, 0.15) is 19.3 Å². The van der Waals surface area contributed by atoms with Crippen LogP contribution in [0.15, 0.2) is 5.57 Å². The molecule has 0 aromatic rings. The average molecular weight is 441 g/mol. The third-order valence-electron chi connectivity index (χ3n) is 4.17. The van der Waals surface area contributed by atoms with Crippen LogP contribution in [0.25, 0.3) is 0 Å². The number of hydrogen-bond acceptors (Lipinski definition) is 7. The molecule has 0 aliphatic carbocycles. The maximum atomic E-state index is 13.0. The van der Waals surface area contributed by atoms with Gasteiger partial charge in [-0.05, 0) is 12.8 Å². The van der Waals surface area contributed by atoms with E-state index in [0.29, 0.717) is 37.9 Å². The number of amides is 1. The molecular weight excluding hydrogens is 415 g/mol. The minimum absolute atomic E-state index is 0. The Bertz CT molecular complexity index is 570. The van der Waals surface area contributed by atoms with E-state index in [1.807, 2.05) is 5.94 Å². The number of halogens is 2. The molecule has 2 saturated heterocycles. The van der Waals surface area contributed by atoms with Gasteiger partial charge < -0.3 is 26.1 Å². The van der Waals surface area contributed by atoms with E-state index >= 15 is 0 Å². The fourth-order valence-corrected chi connectivity index (χ4v) is 4.04. The van der Waals surface area contributed by atoms with Crippen molar-refractivity contribution in [1.29, 1.82) is 5.41 Å². The summed E-state index contributed by atoms with van der Waals surface area (Å²) in [5.74, 6) is 2.42. The van der Waals surface area contributed by atoms with E-state index in [4.69, 9.17) is 11.1 Å². The molecule has 2 aliphatic heterocycles. The lowest BCUT2D eigenvalue weighted by Crippen LogP contribution is -2.55. The van der Waals surface area contributed by atoms with Crippen LogP contribution in [0.4, 0.5) is 0 Å². The minimum atomic E-state index is -0.574. The van der Waals surface area contributed by atoms with Gasteiger partial charge in [0.05, 0.1) is 12.1 Å². The molecule has 9 nitrogen and oxygen atoms in total. The summed E-state index contributed by atoms with van der Waals surface area (Å²) in [4.78, 5) is 37.0. The van der Waals surface area contributed by atoms with E-state index in [1.165, 1.54) is 0 Å². The number of guanidine groups is 1. The summed E-state index contributed by atoms with van der Waals surface area (Å²) < 4.78 is 0. The molecule has 0 bridgehead atoms. The summed E-state index contributed by atoms with van der Waals surface area (Å²) in [6, 6.07) is -1.08. The van der Waals surface area contributed by atoms with Gasteiger partial charge in [0.25, 0.3) is 0 Å². The van der Waals surface area contributed by atoms with Crippen molar-refractivity contribution in [1.82, 2.24) is 20.9 Å². The van der Waals surface area contributed by atoms with Crippen molar-refractivity contribution in [3.05, 3.63) is 5.57 Å². The number of aldehydes is 1.